The Labute approximate surface area is 97.9 Å². The van der Waals surface area contributed by atoms with Crippen molar-refractivity contribution in [1.29, 1.82) is 0 Å². The van der Waals surface area contributed by atoms with Gasteiger partial charge in [-0.2, -0.15) is 0 Å². The van der Waals surface area contributed by atoms with Crippen molar-refractivity contribution < 1.29 is 15.0 Å². The molecule has 0 spiro atoms. The molecule has 1 aliphatic carbocycles. The van der Waals surface area contributed by atoms with Crippen LogP contribution in [0.4, 0.5) is 0 Å². The zero-order valence-corrected chi connectivity index (χ0v) is 10.6. The van der Waals surface area contributed by atoms with Gasteiger partial charge < -0.3 is 10.2 Å². The first kappa shape index (κ1) is 13.5. The number of carboxylic acids is 1. The average molecular weight is 228 g/mol. The Morgan fingerprint density at radius 3 is 2.12 bits per heavy atom. The zero-order chi connectivity index (χ0) is 12.3. The molecule has 1 aliphatic rings. The van der Waals surface area contributed by atoms with Crippen molar-refractivity contribution >= 4 is 5.97 Å². The van der Waals surface area contributed by atoms with Gasteiger partial charge in [0.25, 0.3) is 0 Å². The van der Waals surface area contributed by atoms with E-state index in [1.165, 1.54) is 0 Å². The standard InChI is InChI=1S/C13H24O3/c1-9(2)11-4-6-13(7-5-11,12(15)16)8-10(3)14/h9-11,14H,4-8H2,1-3H3,(H,15,16). The maximum Gasteiger partial charge on any atom is 0.309 e. The summed E-state index contributed by atoms with van der Waals surface area (Å²) in [5, 5.41) is 18.8. The van der Waals surface area contributed by atoms with Crippen LogP contribution in [0.25, 0.3) is 0 Å². The molecule has 0 saturated heterocycles. The predicted molar refractivity (Wildman–Crippen MR) is 63.2 cm³/mol. The largest absolute Gasteiger partial charge is 0.481 e. The van der Waals surface area contributed by atoms with E-state index in [1.54, 1.807) is 6.92 Å². The Kier molecular flexibility index (Phi) is 4.36. The van der Waals surface area contributed by atoms with Gasteiger partial charge in [0.05, 0.1) is 11.5 Å². The molecular weight excluding hydrogens is 204 g/mol. The van der Waals surface area contributed by atoms with Gasteiger partial charge in [0, 0.05) is 0 Å². The summed E-state index contributed by atoms with van der Waals surface area (Å²) in [6.07, 6.45) is 3.28. The fraction of sp³-hybridized carbons (Fsp3) is 0.923. The number of aliphatic hydroxyl groups is 1. The molecule has 94 valence electrons. The Morgan fingerprint density at radius 2 is 1.81 bits per heavy atom. The van der Waals surface area contributed by atoms with Gasteiger partial charge in [-0.1, -0.05) is 13.8 Å². The number of rotatable bonds is 4. The summed E-state index contributed by atoms with van der Waals surface area (Å²) in [4.78, 5) is 11.4. The van der Waals surface area contributed by atoms with E-state index in [2.05, 4.69) is 13.8 Å². The Morgan fingerprint density at radius 1 is 1.31 bits per heavy atom. The van der Waals surface area contributed by atoms with Gasteiger partial charge in [-0.05, 0) is 50.9 Å². The molecule has 0 bridgehead atoms. The summed E-state index contributed by atoms with van der Waals surface area (Å²) < 4.78 is 0. The monoisotopic (exact) mass is 228 g/mol. The minimum atomic E-state index is -0.726. The van der Waals surface area contributed by atoms with Crippen molar-refractivity contribution in [2.24, 2.45) is 17.3 Å². The molecule has 0 radical (unpaired) electrons. The highest BCUT2D eigenvalue weighted by atomic mass is 16.4. The molecule has 0 aliphatic heterocycles. The topological polar surface area (TPSA) is 57.5 Å². The second-order valence-electron chi connectivity index (χ2n) is 5.72. The van der Waals surface area contributed by atoms with E-state index in [4.69, 9.17) is 0 Å². The first-order chi connectivity index (χ1) is 7.37. The first-order valence-electron chi connectivity index (χ1n) is 6.29. The van der Waals surface area contributed by atoms with Crippen LogP contribution in [0.5, 0.6) is 0 Å². The third-order valence-corrected chi connectivity index (χ3v) is 4.07. The minimum Gasteiger partial charge on any atom is -0.481 e. The highest BCUT2D eigenvalue weighted by Crippen LogP contribution is 2.44. The van der Waals surface area contributed by atoms with Gasteiger partial charge in [-0.15, -0.1) is 0 Å². The van der Waals surface area contributed by atoms with Crippen LogP contribution >= 0.6 is 0 Å². The van der Waals surface area contributed by atoms with Gasteiger partial charge in [0.2, 0.25) is 0 Å². The van der Waals surface area contributed by atoms with Gasteiger partial charge in [-0.25, -0.2) is 0 Å². The second kappa shape index (κ2) is 5.17. The lowest BCUT2D eigenvalue weighted by Crippen LogP contribution is -2.38. The maximum atomic E-state index is 11.4. The molecule has 3 nitrogen and oxygen atoms in total. The fourth-order valence-corrected chi connectivity index (χ4v) is 2.93. The third kappa shape index (κ3) is 2.97. The number of hydrogen-bond acceptors (Lipinski definition) is 2. The third-order valence-electron chi connectivity index (χ3n) is 4.07. The van der Waals surface area contributed by atoms with E-state index in [0.717, 1.165) is 25.7 Å². The number of aliphatic carboxylic acids is 1. The van der Waals surface area contributed by atoms with Gasteiger partial charge in [0.1, 0.15) is 0 Å². The van der Waals surface area contributed by atoms with Crippen molar-refractivity contribution in [3.63, 3.8) is 0 Å². The molecule has 0 heterocycles. The Bertz CT molecular complexity index is 238. The number of aliphatic hydroxyl groups excluding tert-OH is 1. The molecule has 1 saturated carbocycles. The molecule has 1 rings (SSSR count). The maximum absolute atomic E-state index is 11.4. The van der Waals surface area contributed by atoms with Crippen LogP contribution in [0.15, 0.2) is 0 Å². The van der Waals surface area contributed by atoms with Crippen molar-refractivity contribution in [2.45, 2.75) is 59.0 Å². The Balaban J connectivity index is 2.66. The van der Waals surface area contributed by atoms with Crippen molar-refractivity contribution in [3.8, 4) is 0 Å². The number of carbonyl (C=O) groups is 1. The molecule has 0 aromatic rings. The lowest BCUT2D eigenvalue weighted by Gasteiger charge is -2.39. The average Bonchev–Trinajstić information content (AvgIpc) is 2.17. The molecule has 1 unspecified atom stereocenters. The normalized spacial score (nSPS) is 32.7. The molecule has 0 aromatic heterocycles. The van der Waals surface area contributed by atoms with E-state index in [9.17, 15) is 15.0 Å². The lowest BCUT2D eigenvalue weighted by atomic mass is 9.66. The lowest BCUT2D eigenvalue weighted by molar-refractivity contribution is -0.154. The number of hydrogen-bond donors (Lipinski definition) is 2. The molecule has 1 fully saturated rings. The molecule has 3 heteroatoms. The zero-order valence-electron chi connectivity index (χ0n) is 10.6. The smallest absolute Gasteiger partial charge is 0.309 e. The van der Waals surface area contributed by atoms with Crippen LogP contribution in [0, 0.1) is 17.3 Å². The summed E-state index contributed by atoms with van der Waals surface area (Å²) in [6, 6.07) is 0. The molecule has 1 atom stereocenters. The Hall–Kier alpha value is -0.570. The van der Waals surface area contributed by atoms with E-state index in [0.29, 0.717) is 18.3 Å². The van der Waals surface area contributed by atoms with E-state index < -0.39 is 17.5 Å². The molecule has 2 N–H and O–H groups in total. The summed E-state index contributed by atoms with van der Waals surface area (Å²) in [7, 11) is 0. The molecule has 0 aromatic carbocycles. The van der Waals surface area contributed by atoms with Gasteiger partial charge in [0.15, 0.2) is 0 Å². The van der Waals surface area contributed by atoms with Crippen molar-refractivity contribution in [3.05, 3.63) is 0 Å². The van der Waals surface area contributed by atoms with Crippen molar-refractivity contribution in [1.82, 2.24) is 0 Å². The second-order valence-corrected chi connectivity index (χ2v) is 5.72. The summed E-state index contributed by atoms with van der Waals surface area (Å²) in [6.45, 7) is 6.08. The van der Waals surface area contributed by atoms with Crippen LogP contribution in [-0.2, 0) is 4.79 Å². The first-order valence-corrected chi connectivity index (χ1v) is 6.29. The SMILES string of the molecule is CC(O)CC1(C(=O)O)CCC(C(C)C)CC1. The van der Waals surface area contributed by atoms with E-state index in [-0.39, 0.29) is 0 Å². The van der Waals surface area contributed by atoms with Crippen LogP contribution in [0.3, 0.4) is 0 Å². The summed E-state index contributed by atoms with van der Waals surface area (Å²) in [5.41, 5.74) is -0.667. The van der Waals surface area contributed by atoms with Gasteiger partial charge >= 0.3 is 5.97 Å². The van der Waals surface area contributed by atoms with E-state index in [1.807, 2.05) is 0 Å². The predicted octanol–water partition coefficient (Wildman–Crippen LogP) is 2.67. The molecule has 16 heavy (non-hydrogen) atoms. The van der Waals surface area contributed by atoms with E-state index >= 15 is 0 Å². The fourth-order valence-electron chi connectivity index (χ4n) is 2.93. The van der Waals surface area contributed by atoms with Crippen molar-refractivity contribution in [2.75, 3.05) is 0 Å². The molecule has 0 amide bonds. The highest BCUT2D eigenvalue weighted by Gasteiger charge is 2.42. The summed E-state index contributed by atoms with van der Waals surface area (Å²) in [5.74, 6) is 0.565. The van der Waals surface area contributed by atoms with Crippen LogP contribution < -0.4 is 0 Å². The van der Waals surface area contributed by atoms with Crippen LogP contribution in [0.2, 0.25) is 0 Å². The number of carboxylic acid groups (broad SMARTS) is 1. The highest BCUT2D eigenvalue weighted by molar-refractivity contribution is 5.74. The molecular formula is C13H24O3. The van der Waals surface area contributed by atoms with Gasteiger partial charge in [-0.3, -0.25) is 4.79 Å². The minimum absolute atomic E-state index is 0.396. The quantitative estimate of drug-likeness (QED) is 0.777. The van der Waals surface area contributed by atoms with Crippen LogP contribution in [0.1, 0.15) is 52.9 Å². The van der Waals surface area contributed by atoms with Crippen LogP contribution in [-0.4, -0.2) is 22.3 Å². The summed E-state index contributed by atoms with van der Waals surface area (Å²) >= 11 is 0.